The molecule has 0 bridgehead atoms. The lowest BCUT2D eigenvalue weighted by Gasteiger charge is -2.18. The fraction of sp³-hybridized carbons (Fsp3) is 0.678. The summed E-state index contributed by atoms with van der Waals surface area (Å²) in [7, 11) is 0. The van der Waals surface area contributed by atoms with E-state index >= 15 is 0 Å². The lowest BCUT2D eigenvalue weighted by atomic mass is 10.1. The average Bonchev–Trinajstić information content (AvgIpc) is 3.30. The first kappa shape index (κ1) is 61.3. The lowest BCUT2D eigenvalue weighted by Crippen LogP contribution is -2.30. The van der Waals surface area contributed by atoms with E-state index < -0.39 is 6.10 Å². The number of hydrogen-bond donors (Lipinski definition) is 0. The van der Waals surface area contributed by atoms with Crippen LogP contribution in [0.3, 0.4) is 0 Å². The fourth-order valence-corrected chi connectivity index (χ4v) is 7.02. The highest BCUT2D eigenvalue weighted by atomic mass is 16.6. The summed E-state index contributed by atoms with van der Waals surface area (Å²) in [6.45, 7) is 6.43. The maximum absolute atomic E-state index is 12.8. The average molecular weight is 903 g/mol. The third-order valence-corrected chi connectivity index (χ3v) is 11.0. The maximum atomic E-state index is 12.8. The Bertz CT molecular complexity index is 1310. The van der Waals surface area contributed by atoms with E-state index in [1.54, 1.807) is 0 Å². The predicted octanol–water partition coefficient (Wildman–Crippen LogP) is 17.8. The van der Waals surface area contributed by atoms with Gasteiger partial charge in [-0.25, -0.2) is 0 Å². The van der Waals surface area contributed by atoms with E-state index in [0.29, 0.717) is 19.3 Å². The Hall–Kier alpha value is -3.67. The number of ether oxygens (including phenoxy) is 3. The summed E-state index contributed by atoms with van der Waals surface area (Å²) >= 11 is 0. The van der Waals surface area contributed by atoms with Gasteiger partial charge in [-0.3, -0.25) is 14.4 Å². The molecule has 0 aromatic heterocycles. The van der Waals surface area contributed by atoms with Crippen LogP contribution in [0.5, 0.6) is 0 Å². The summed E-state index contributed by atoms with van der Waals surface area (Å²) in [5.74, 6) is -0.959. The molecule has 0 aromatic carbocycles. The fourth-order valence-electron chi connectivity index (χ4n) is 7.02. The Kier molecular flexibility index (Phi) is 50.0. The van der Waals surface area contributed by atoms with E-state index in [9.17, 15) is 14.4 Å². The van der Waals surface area contributed by atoms with Crippen molar-refractivity contribution in [3.63, 3.8) is 0 Å². The van der Waals surface area contributed by atoms with E-state index in [0.717, 1.165) is 135 Å². The van der Waals surface area contributed by atoms with Crippen molar-refractivity contribution >= 4 is 17.9 Å². The largest absolute Gasteiger partial charge is 0.462 e. The zero-order chi connectivity index (χ0) is 47.2. The van der Waals surface area contributed by atoms with Gasteiger partial charge < -0.3 is 14.2 Å². The van der Waals surface area contributed by atoms with Crippen LogP contribution in [0.2, 0.25) is 0 Å². The highest BCUT2D eigenvalue weighted by molar-refractivity contribution is 5.71. The monoisotopic (exact) mass is 903 g/mol. The van der Waals surface area contributed by atoms with E-state index in [4.69, 9.17) is 14.2 Å². The van der Waals surface area contributed by atoms with Gasteiger partial charge in [-0.1, -0.05) is 195 Å². The molecule has 0 aliphatic rings. The third-order valence-electron chi connectivity index (χ3n) is 11.0. The summed E-state index contributed by atoms with van der Waals surface area (Å²) < 4.78 is 16.8. The third kappa shape index (κ3) is 51.2. The molecular weight excluding hydrogens is 805 g/mol. The molecule has 1 atom stereocenters. The molecule has 0 amide bonds. The number of esters is 3. The van der Waals surface area contributed by atoms with Gasteiger partial charge in [-0.05, 0) is 122 Å². The number of allylic oxidation sites excluding steroid dienone is 16. The van der Waals surface area contributed by atoms with E-state index in [2.05, 4.69) is 118 Å². The van der Waals surface area contributed by atoms with Crippen molar-refractivity contribution in [3.05, 3.63) is 97.2 Å². The molecule has 0 rings (SSSR count). The van der Waals surface area contributed by atoms with Gasteiger partial charge in [-0.2, -0.15) is 0 Å². The number of carbonyl (C=O) groups is 3. The number of carbonyl (C=O) groups excluding carboxylic acids is 3. The van der Waals surface area contributed by atoms with Crippen LogP contribution in [0.15, 0.2) is 97.2 Å². The molecule has 0 fully saturated rings. The predicted molar refractivity (Wildman–Crippen MR) is 279 cm³/mol. The van der Waals surface area contributed by atoms with Gasteiger partial charge in [0, 0.05) is 19.3 Å². The van der Waals surface area contributed by atoms with Gasteiger partial charge in [-0.15, -0.1) is 0 Å². The molecule has 0 aliphatic carbocycles. The minimum Gasteiger partial charge on any atom is -0.462 e. The molecule has 6 heteroatoms. The lowest BCUT2D eigenvalue weighted by molar-refractivity contribution is -0.167. The first-order chi connectivity index (χ1) is 32.0. The van der Waals surface area contributed by atoms with Crippen LogP contribution in [0.1, 0.15) is 239 Å². The van der Waals surface area contributed by atoms with Crippen molar-refractivity contribution in [3.8, 4) is 0 Å². The van der Waals surface area contributed by atoms with Crippen LogP contribution in [0.25, 0.3) is 0 Å². The maximum Gasteiger partial charge on any atom is 0.306 e. The summed E-state index contributed by atoms with van der Waals surface area (Å²) in [4.78, 5) is 38.0. The van der Waals surface area contributed by atoms with Gasteiger partial charge >= 0.3 is 17.9 Å². The van der Waals surface area contributed by atoms with Crippen molar-refractivity contribution in [1.29, 1.82) is 0 Å². The minimum absolute atomic E-state index is 0.101. The number of unbranched alkanes of at least 4 members (excludes halogenated alkanes) is 20. The minimum atomic E-state index is -0.803. The SMILES string of the molecule is CC/C=C\C/C=C\C/C=C\CCCCCCCC(=O)OC[C@H](COC(=O)CCCCC/C=C\C/C=C\C/C=C\C/C=C\CCCCC)OC(=O)CCCCCCC/C=C\CCCCCC. The molecule has 6 nitrogen and oxygen atoms in total. The second kappa shape index (κ2) is 52.9. The molecule has 0 unspecified atom stereocenters. The summed E-state index contributed by atoms with van der Waals surface area (Å²) in [6.07, 6.45) is 69.6. The molecule has 370 valence electrons. The van der Waals surface area contributed by atoms with Crippen LogP contribution in [0, 0.1) is 0 Å². The molecule has 0 radical (unpaired) electrons. The molecule has 65 heavy (non-hydrogen) atoms. The zero-order valence-corrected chi connectivity index (χ0v) is 42.2. The smallest absolute Gasteiger partial charge is 0.306 e. The molecule has 0 aromatic rings. The van der Waals surface area contributed by atoms with Crippen LogP contribution >= 0.6 is 0 Å². The highest BCUT2D eigenvalue weighted by Gasteiger charge is 2.19. The topological polar surface area (TPSA) is 78.9 Å². The Morgan fingerprint density at radius 1 is 0.323 bits per heavy atom. The van der Waals surface area contributed by atoms with Gasteiger partial charge in [0.1, 0.15) is 13.2 Å². The molecular formula is C59H98O6. The molecule has 0 heterocycles. The van der Waals surface area contributed by atoms with Crippen molar-refractivity contribution in [2.45, 2.75) is 245 Å². The quantitative estimate of drug-likeness (QED) is 0.0262. The van der Waals surface area contributed by atoms with Crippen molar-refractivity contribution in [2.75, 3.05) is 13.2 Å². The number of rotatable bonds is 47. The zero-order valence-electron chi connectivity index (χ0n) is 42.2. The van der Waals surface area contributed by atoms with Crippen LogP contribution in [0.4, 0.5) is 0 Å². The highest BCUT2D eigenvalue weighted by Crippen LogP contribution is 2.13. The standard InChI is InChI=1S/C59H98O6/c1-4-7-10-13-16-19-22-25-27-28-29-30-32-35-37-40-43-46-49-52-58(61)64-55-56(65-59(62)53-50-47-44-41-38-33-24-21-18-15-12-9-6-3)54-63-57(60)51-48-45-42-39-36-34-31-26-23-20-17-14-11-8-5-2/h8,11,16-17,19-21,24-27,29-31,35,37,56H,4-7,9-10,12-15,18,22-23,28,32-34,36,38-55H2,1-3H3/b11-8-,19-16-,20-17-,24-21-,27-25-,30-29-,31-26-,37-35-/t56-/m1/s1. The normalized spacial score (nSPS) is 12.8. The van der Waals surface area contributed by atoms with Crippen molar-refractivity contribution in [2.24, 2.45) is 0 Å². The van der Waals surface area contributed by atoms with Crippen molar-refractivity contribution < 1.29 is 28.6 Å². The summed E-state index contributed by atoms with van der Waals surface area (Å²) in [5.41, 5.74) is 0. The molecule has 0 saturated carbocycles. The van der Waals surface area contributed by atoms with Gasteiger partial charge in [0.05, 0.1) is 0 Å². The number of hydrogen-bond acceptors (Lipinski definition) is 6. The molecule has 0 spiro atoms. The molecule has 0 aliphatic heterocycles. The second-order valence-electron chi connectivity index (χ2n) is 17.4. The van der Waals surface area contributed by atoms with Crippen LogP contribution in [-0.4, -0.2) is 37.2 Å². The van der Waals surface area contributed by atoms with E-state index in [-0.39, 0.29) is 31.1 Å². The molecule has 0 saturated heterocycles. The van der Waals surface area contributed by atoms with E-state index in [1.807, 2.05) is 0 Å². The van der Waals surface area contributed by atoms with Gasteiger partial charge in [0.15, 0.2) is 6.10 Å². The van der Waals surface area contributed by atoms with E-state index in [1.165, 1.54) is 64.2 Å². The Morgan fingerprint density at radius 2 is 0.600 bits per heavy atom. The Morgan fingerprint density at radius 3 is 1.00 bits per heavy atom. The Balaban J connectivity index is 4.48. The van der Waals surface area contributed by atoms with Crippen LogP contribution in [-0.2, 0) is 28.6 Å². The molecule has 0 N–H and O–H groups in total. The van der Waals surface area contributed by atoms with Gasteiger partial charge in [0.25, 0.3) is 0 Å². The first-order valence-electron chi connectivity index (χ1n) is 26.7. The first-order valence-corrected chi connectivity index (χ1v) is 26.7. The Labute approximate surface area is 400 Å². The van der Waals surface area contributed by atoms with Crippen LogP contribution < -0.4 is 0 Å². The summed E-state index contributed by atoms with van der Waals surface area (Å²) in [6, 6.07) is 0. The summed E-state index contributed by atoms with van der Waals surface area (Å²) in [5, 5.41) is 0. The van der Waals surface area contributed by atoms with Gasteiger partial charge in [0.2, 0.25) is 0 Å². The second-order valence-corrected chi connectivity index (χ2v) is 17.4. The van der Waals surface area contributed by atoms with Crippen molar-refractivity contribution in [1.82, 2.24) is 0 Å².